The molecule has 0 aliphatic carbocycles. The Balaban J connectivity index is 1.98. The zero-order chi connectivity index (χ0) is 19.1. The van der Waals surface area contributed by atoms with Crippen LogP contribution in [0, 0.1) is 12.7 Å². The van der Waals surface area contributed by atoms with Crippen molar-refractivity contribution in [3.63, 3.8) is 0 Å². The highest BCUT2D eigenvalue weighted by Crippen LogP contribution is 2.28. The minimum Gasteiger partial charge on any atom is -0.319 e. The lowest BCUT2D eigenvalue weighted by Gasteiger charge is -2.02. The molecule has 0 saturated carbocycles. The molecule has 0 N–H and O–H groups in total. The highest BCUT2D eigenvalue weighted by Gasteiger charge is 2.19. The molecule has 3 rings (SSSR count). The van der Waals surface area contributed by atoms with E-state index in [0.717, 1.165) is 40.0 Å². The molecule has 1 heterocycles. The standard InChI is InChI=1S/C17H14ClFN2O3S2/c1-10-3-8-13(18)16-15(10)21(2)17(25-16)20-14(22)9-26(23,24)12-6-4-11(19)5-7-12/h3-8H,9H2,1-2H3. The molecule has 0 atom stereocenters. The Morgan fingerprint density at radius 1 is 1.23 bits per heavy atom. The number of fused-ring (bicyclic) bond motifs is 1. The molecule has 26 heavy (non-hydrogen) atoms. The maximum atomic E-state index is 12.9. The van der Waals surface area contributed by atoms with Crippen LogP contribution >= 0.6 is 22.9 Å². The lowest BCUT2D eigenvalue weighted by atomic mass is 10.2. The lowest BCUT2D eigenvalue weighted by Crippen LogP contribution is -2.19. The number of carbonyl (C=O) groups is 1. The third-order valence-electron chi connectivity index (χ3n) is 3.81. The molecule has 5 nitrogen and oxygen atoms in total. The molecule has 0 radical (unpaired) electrons. The zero-order valence-electron chi connectivity index (χ0n) is 13.9. The van der Waals surface area contributed by atoms with Crippen LogP contribution in [0.5, 0.6) is 0 Å². The molecule has 0 unspecified atom stereocenters. The van der Waals surface area contributed by atoms with Gasteiger partial charge in [0, 0.05) is 7.05 Å². The summed E-state index contributed by atoms with van der Waals surface area (Å²) in [7, 11) is -2.16. The van der Waals surface area contributed by atoms with Gasteiger partial charge in [-0.25, -0.2) is 12.8 Å². The van der Waals surface area contributed by atoms with E-state index in [1.807, 2.05) is 13.0 Å². The molecule has 0 bridgehead atoms. The smallest absolute Gasteiger partial charge is 0.263 e. The van der Waals surface area contributed by atoms with Gasteiger partial charge >= 0.3 is 0 Å². The molecular formula is C17H14ClFN2O3S2. The van der Waals surface area contributed by atoms with Crippen molar-refractivity contribution in [3.05, 3.63) is 57.6 Å². The normalized spacial score (nSPS) is 12.7. The predicted molar refractivity (Wildman–Crippen MR) is 99.6 cm³/mol. The molecule has 1 amide bonds. The first kappa shape index (κ1) is 18.8. The summed E-state index contributed by atoms with van der Waals surface area (Å²) >= 11 is 7.41. The molecule has 0 saturated heterocycles. The summed E-state index contributed by atoms with van der Waals surface area (Å²) in [6.45, 7) is 1.91. The number of rotatable bonds is 3. The van der Waals surface area contributed by atoms with Gasteiger partial charge in [0.05, 0.1) is 20.1 Å². The van der Waals surface area contributed by atoms with E-state index in [-0.39, 0.29) is 4.90 Å². The third-order valence-corrected chi connectivity index (χ3v) is 7.02. The van der Waals surface area contributed by atoms with Gasteiger partial charge in [-0.2, -0.15) is 4.99 Å². The Morgan fingerprint density at radius 2 is 1.88 bits per heavy atom. The van der Waals surface area contributed by atoms with Crippen LogP contribution in [0.3, 0.4) is 0 Å². The van der Waals surface area contributed by atoms with Gasteiger partial charge in [-0.05, 0) is 42.8 Å². The third kappa shape index (κ3) is 3.58. The second-order valence-corrected chi connectivity index (χ2v) is 9.08. The number of aryl methyl sites for hydroxylation is 2. The van der Waals surface area contributed by atoms with Gasteiger partial charge in [-0.3, -0.25) is 4.79 Å². The van der Waals surface area contributed by atoms with Crippen molar-refractivity contribution < 1.29 is 17.6 Å². The maximum Gasteiger partial charge on any atom is 0.263 e. The number of carbonyl (C=O) groups excluding carboxylic acids is 1. The number of nitrogens with zero attached hydrogens (tertiary/aromatic N) is 2. The van der Waals surface area contributed by atoms with E-state index >= 15 is 0 Å². The minimum absolute atomic E-state index is 0.123. The van der Waals surface area contributed by atoms with E-state index in [1.54, 1.807) is 17.7 Å². The van der Waals surface area contributed by atoms with Crippen molar-refractivity contribution in [2.45, 2.75) is 11.8 Å². The highest BCUT2D eigenvalue weighted by atomic mass is 35.5. The summed E-state index contributed by atoms with van der Waals surface area (Å²) in [6.07, 6.45) is 0. The largest absolute Gasteiger partial charge is 0.319 e. The molecule has 0 fully saturated rings. The first-order valence-corrected chi connectivity index (χ1v) is 10.3. The van der Waals surface area contributed by atoms with Crippen LogP contribution in [0.4, 0.5) is 4.39 Å². The van der Waals surface area contributed by atoms with Crippen molar-refractivity contribution in [1.82, 2.24) is 4.57 Å². The quantitative estimate of drug-likeness (QED) is 0.620. The van der Waals surface area contributed by atoms with Gasteiger partial charge in [0.25, 0.3) is 5.91 Å². The van der Waals surface area contributed by atoms with Gasteiger partial charge in [-0.15, -0.1) is 0 Å². The molecule has 136 valence electrons. The molecule has 0 aliphatic rings. The second-order valence-electron chi connectivity index (χ2n) is 5.70. The number of hydrogen-bond acceptors (Lipinski definition) is 4. The molecule has 3 aromatic rings. The van der Waals surface area contributed by atoms with Crippen LogP contribution in [0.15, 0.2) is 46.3 Å². The number of amides is 1. The Morgan fingerprint density at radius 3 is 2.50 bits per heavy atom. The second kappa shape index (κ2) is 6.94. The monoisotopic (exact) mass is 412 g/mol. The number of sulfone groups is 1. The Hall–Kier alpha value is -2.03. The molecule has 1 aromatic heterocycles. The minimum atomic E-state index is -3.90. The van der Waals surface area contributed by atoms with Gasteiger partial charge < -0.3 is 4.57 Å². The first-order valence-electron chi connectivity index (χ1n) is 7.49. The number of aromatic nitrogens is 1. The van der Waals surface area contributed by atoms with Crippen molar-refractivity contribution in [1.29, 1.82) is 0 Å². The Kier molecular flexibility index (Phi) is 5.01. The predicted octanol–water partition coefficient (Wildman–Crippen LogP) is 3.24. The van der Waals surface area contributed by atoms with E-state index in [0.29, 0.717) is 9.82 Å². The summed E-state index contributed by atoms with van der Waals surface area (Å²) in [5.74, 6) is -2.14. The number of hydrogen-bond donors (Lipinski definition) is 0. The Labute approximate surface area is 158 Å². The summed E-state index contributed by atoms with van der Waals surface area (Å²) in [6, 6.07) is 7.94. The van der Waals surface area contributed by atoms with Crippen LogP contribution in [0.2, 0.25) is 5.02 Å². The summed E-state index contributed by atoms with van der Waals surface area (Å²) in [5, 5.41) is 0.541. The van der Waals surface area contributed by atoms with Gasteiger partial charge in [0.1, 0.15) is 11.6 Å². The average Bonchev–Trinajstić information content (AvgIpc) is 2.89. The van der Waals surface area contributed by atoms with Gasteiger partial charge in [0.15, 0.2) is 14.6 Å². The van der Waals surface area contributed by atoms with E-state index in [4.69, 9.17) is 11.6 Å². The van der Waals surface area contributed by atoms with Crippen LogP contribution in [-0.4, -0.2) is 24.6 Å². The summed E-state index contributed by atoms with van der Waals surface area (Å²) in [4.78, 5) is 16.4. The number of thiazole rings is 1. The first-order chi connectivity index (χ1) is 12.2. The SMILES string of the molecule is Cc1ccc(Cl)c2sc(=NC(=O)CS(=O)(=O)c3ccc(F)cc3)n(C)c12. The number of benzene rings is 2. The van der Waals surface area contributed by atoms with E-state index in [1.165, 1.54) is 11.3 Å². The fourth-order valence-corrected chi connectivity index (χ4v) is 5.03. The van der Waals surface area contributed by atoms with Crippen LogP contribution in [0.1, 0.15) is 5.56 Å². The topological polar surface area (TPSA) is 68.5 Å². The summed E-state index contributed by atoms with van der Waals surface area (Å²) in [5.41, 5.74) is 1.81. The van der Waals surface area contributed by atoms with Crippen molar-refractivity contribution >= 4 is 48.9 Å². The Bertz CT molecular complexity index is 1180. The fraction of sp³-hybridized carbons (Fsp3) is 0.176. The van der Waals surface area contributed by atoms with Gasteiger partial charge in [-0.1, -0.05) is 29.0 Å². The molecule has 9 heteroatoms. The maximum absolute atomic E-state index is 12.9. The molecule has 2 aromatic carbocycles. The molecule has 0 spiro atoms. The molecular weight excluding hydrogens is 399 g/mol. The van der Waals surface area contributed by atoms with Crippen LogP contribution < -0.4 is 4.80 Å². The van der Waals surface area contributed by atoms with E-state index < -0.39 is 27.3 Å². The van der Waals surface area contributed by atoms with Crippen LogP contribution in [0.25, 0.3) is 10.2 Å². The van der Waals surface area contributed by atoms with Crippen molar-refractivity contribution in [2.75, 3.05) is 5.75 Å². The molecule has 0 aliphatic heterocycles. The van der Waals surface area contributed by atoms with Crippen molar-refractivity contribution in [3.8, 4) is 0 Å². The van der Waals surface area contributed by atoms with E-state index in [2.05, 4.69) is 4.99 Å². The lowest BCUT2D eigenvalue weighted by molar-refractivity contribution is -0.115. The van der Waals surface area contributed by atoms with E-state index in [9.17, 15) is 17.6 Å². The average molecular weight is 413 g/mol. The fourth-order valence-electron chi connectivity index (χ4n) is 2.54. The van der Waals surface area contributed by atoms with Crippen molar-refractivity contribution in [2.24, 2.45) is 12.0 Å². The zero-order valence-corrected chi connectivity index (χ0v) is 16.3. The van der Waals surface area contributed by atoms with Gasteiger partial charge in [0.2, 0.25) is 0 Å². The highest BCUT2D eigenvalue weighted by molar-refractivity contribution is 7.92. The number of halogens is 2. The summed E-state index contributed by atoms with van der Waals surface area (Å²) < 4.78 is 40.0. The van der Waals surface area contributed by atoms with Crippen LogP contribution in [-0.2, 0) is 21.7 Å².